The molecule has 0 atom stereocenters. The van der Waals surface area contributed by atoms with Crippen molar-refractivity contribution in [2.75, 3.05) is 11.1 Å². The Labute approximate surface area is 119 Å². The van der Waals surface area contributed by atoms with Gasteiger partial charge in [-0.25, -0.2) is 4.98 Å². The maximum atomic E-state index is 12.1. The van der Waals surface area contributed by atoms with Gasteiger partial charge in [-0.1, -0.05) is 17.7 Å². The summed E-state index contributed by atoms with van der Waals surface area (Å²) in [5.74, 6) is -1.03. The molecular weight excluding hydrogens is 280 g/mol. The Morgan fingerprint density at radius 2 is 2.00 bits per heavy atom. The fourth-order valence-electron chi connectivity index (χ4n) is 1.59. The Hall–Kier alpha value is -2.60. The molecule has 2 rings (SSSR count). The number of halogens is 1. The topological polar surface area (TPSA) is 111 Å². The molecule has 0 aliphatic rings. The normalized spacial score (nSPS) is 10.1. The predicted molar refractivity (Wildman–Crippen MR) is 76.6 cm³/mol. The van der Waals surface area contributed by atoms with E-state index in [1.54, 1.807) is 18.2 Å². The first kappa shape index (κ1) is 13.8. The van der Waals surface area contributed by atoms with E-state index in [-0.39, 0.29) is 16.4 Å². The van der Waals surface area contributed by atoms with E-state index in [1.807, 2.05) is 0 Å². The number of benzene rings is 1. The van der Waals surface area contributed by atoms with Gasteiger partial charge in [0, 0.05) is 11.3 Å². The average molecular weight is 291 g/mol. The summed E-state index contributed by atoms with van der Waals surface area (Å²) >= 11 is 5.72. The Bertz CT molecular complexity index is 688. The van der Waals surface area contributed by atoms with Gasteiger partial charge in [-0.2, -0.15) is 0 Å². The molecule has 1 aromatic heterocycles. The molecule has 20 heavy (non-hydrogen) atoms. The number of primary amides is 1. The van der Waals surface area contributed by atoms with Crippen molar-refractivity contribution in [3.63, 3.8) is 0 Å². The zero-order chi connectivity index (χ0) is 14.7. The van der Waals surface area contributed by atoms with E-state index >= 15 is 0 Å². The van der Waals surface area contributed by atoms with Crippen LogP contribution in [0.15, 0.2) is 36.5 Å². The molecule has 0 spiro atoms. The van der Waals surface area contributed by atoms with Gasteiger partial charge in [0.2, 0.25) is 5.91 Å². The summed E-state index contributed by atoms with van der Waals surface area (Å²) in [6, 6.07) is 7.63. The number of nitrogens with two attached hydrogens (primary N) is 2. The lowest BCUT2D eigenvalue weighted by atomic mass is 10.1. The zero-order valence-electron chi connectivity index (χ0n) is 10.3. The Morgan fingerprint density at radius 3 is 2.70 bits per heavy atom. The molecule has 0 fully saturated rings. The molecule has 102 valence electrons. The monoisotopic (exact) mass is 290 g/mol. The number of rotatable bonds is 3. The van der Waals surface area contributed by atoms with Crippen LogP contribution in [-0.2, 0) is 0 Å². The van der Waals surface area contributed by atoms with Gasteiger partial charge in [0.15, 0.2) is 0 Å². The van der Waals surface area contributed by atoms with Crippen LogP contribution in [0.3, 0.4) is 0 Å². The molecule has 0 radical (unpaired) electrons. The maximum Gasteiger partial charge on any atom is 0.257 e. The van der Waals surface area contributed by atoms with Crippen molar-refractivity contribution in [3.05, 3.63) is 52.8 Å². The largest absolute Gasteiger partial charge is 0.397 e. The lowest BCUT2D eigenvalue weighted by Gasteiger charge is -2.08. The van der Waals surface area contributed by atoms with Gasteiger partial charge >= 0.3 is 0 Å². The second-order valence-electron chi connectivity index (χ2n) is 3.99. The first-order chi connectivity index (χ1) is 9.47. The number of hydrogen-bond donors (Lipinski definition) is 3. The highest BCUT2D eigenvalue weighted by Gasteiger charge is 2.12. The summed E-state index contributed by atoms with van der Waals surface area (Å²) in [4.78, 5) is 26.9. The molecule has 0 aliphatic heterocycles. The molecule has 0 saturated heterocycles. The molecule has 7 heteroatoms. The minimum absolute atomic E-state index is 0.162. The number of anilines is 2. The van der Waals surface area contributed by atoms with Gasteiger partial charge in [-0.05, 0) is 24.3 Å². The standard InChI is InChI=1S/C13H11ClN4O2/c14-11-5-9(10(15)6-17-11)13(20)18-8-3-1-2-7(4-8)12(16)19/h1-6H,15H2,(H2,16,19)(H,18,20). The van der Waals surface area contributed by atoms with Crippen LogP contribution in [0.2, 0.25) is 5.15 Å². The molecule has 1 aromatic carbocycles. The molecule has 0 unspecified atom stereocenters. The highest BCUT2D eigenvalue weighted by atomic mass is 35.5. The van der Waals surface area contributed by atoms with Gasteiger partial charge in [0.05, 0.1) is 17.4 Å². The Kier molecular flexibility index (Phi) is 3.86. The third-order valence-corrected chi connectivity index (χ3v) is 2.76. The van der Waals surface area contributed by atoms with E-state index in [0.717, 1.165) is 0 Å². The SMILES string of the molecule is NC(=O)c1cccc(NC(=O)c2cc(Cl)ncc2N)c1. The number of amides is 2. The minimum Gasteiger partial charge on any atom is -0.397 e. The van der Waals surface area contributed by atoms with Crippen LogP contribution in [-0.4, -0.2) is 16.8 Å². The minimum atomic E-state index is -0.576. The van der Waals surface area contributed by atoms with Crippen molar-refractivity contribution < 1.29 is 9.59 Å². The van der Waals surface area contributed by atoms with Crippen LogP contribution >= 0.6 is 11.6 Å². The Morgan fingerprint density at radius 1 is 1.25 bits per heavy atom. The summed E-state index contributed by atoms with van der Waals surface area (Å²) in [6.07, 6.45) is 1.30. The number of aromatic nitrogens is 1. The van der Waals surface area contributed by atoms with Crippen molar-refractivity contribution in [1.82, 2.24) is 4.98 Å². The molecule has 5 N–H and O–H groups in total. The number of hydrogen-bond acceptors (Lipinski definition) is 4. The summed E-state index contributed by atoms with van der Waals surface area (Å²) in [6.45, 7) is 0. The van der Waals surface area contributed by atoms with Crippen LogP contribution < -0.4 is 16.8 Å². The van der Waals surface area contributed by atoms with Crippen LogP contribution in [0.25, 0.3) is 0 Å². The van der Waals surface area contributed by atoms with Gasteiger partial charge < -0.3 is 16.8 Å². The summed E-state index contributed by atoms with van der Waals surface area (Å²) < 4.78 is 0. The quantitative estimate of drug-likeness (QED) is 0.746. The van der Waals surface area contributed by atoms with Gasteiger partial charge in [0.1, 0.15) is 5.15 Å². The van der Waals surface area contributed by atoms with Crippen molar-refractivity contribution in [2.24, 2.45) is 5.73 Å². The van der Waals surface area contributed by atoms with E-state index in [4.69, 9.17) is 23.1 Å². The van der Waals surface area contributed by atoms with Crippen molar-refractivity contribution in [2.45, 2.75) is 0 Å². The average Bonchev–Trinajstić information content (AvgIpc) is 2.41. The van der Waals surface area contributed by atoms with Crippen LogP contribution in [0, 0.1) is 0 Å². The predicted octanol–water partition coefficient (Wildman–Crippen LogP) is 1.67. The maximum absolute atomic E-state index is 12.1. The van der Waals surface area contributed by atoms with Gasteiger partial charge in [-0.15, -0.1) is 0 Å². The third-order valence-electron chi connectivity index (χ3n) is 2.55. The fraction of sp³-hybridized carbons (Fsp3) is 0. The van der Waals surface area contributed by atoms with Gasteiger partial charge in [-0.3, -0.25) is 9.59 Å². The smallest absolute Gasteiger partial charge is 0.257 e. The fourth-order valence-corrected chi connectivity index (χ4v) is 1.74. The number of carbonyl (C=O) groups is 2. The number of nitrogen functional groups attached to an aromatic ring is 1. The summed E-state index contributed by atoms with van der Waals surface area (Å²) in [5, 5.41) is 2.77. The molecule has 0 saturated carbocycles. The van der Waals surface area contributed by atoms with E-state index in [2.05, 4.69) is 10.3 Å². The van der Waals surface area contributed by atoms with Crippen molar-refractivity contribution >= 4 is 34.8 Å². The highest BCUT2D eigenvalue weighted by Crippen LogP contribution is 2.17. The van der Waals surface area contributed by atoms with Crippen LogP contribution in [0.4, 0.5) is 11.4 Å². The summed E-state index contributed by atoms with van der Waals surface area (Å²) in [5.41, 5.74) is 12.0. The van der Waals surface area contributed by atoms with Crippen LogP contribution in [0.1, 0.15) is 20.7 Å². The lowest BCUT2D eigenvalue weighted by Crippen LogP contribution is -2.16. The second kappa shape index (κ2) is 5.58. The Balaban J connectivity index is 2.25. The van der Waals surface area contributed by atoms with E-state index in [0.29, 0.717) is 11.3 Å². The zero-order valence-corrected chi connectivity index (χ0v) is 11.0. The third kappa shape index (κ3) is 3.04. The molecule has 6 nitrogen and oxygen atoms in total. The van der Waals surface area contributed by atoms with Crippen molar-refractivity contribution in [1.29, 1.82) is 0 Å². The summed E-state index contributed by atoms with van der Waals surface area (Å²) in [7, 11) is 0. The van der Waals surface area contributed by atoms with Crippen LogP contribution in [0.5, 0.6) is 0 Å². The van der Waals surface area contributed by atoms with E-state index < -0.39 is 11.8 Å². The second-order valence-corrected chi connectivity index (χ2v) is 4.38. The van der Waals surface area contributed by atoms with Crippen molar-refractivity contribution in [3.8, 4) is 0 Å². The molecule has 0 bridgehead atoms. The molecule has 2 amide bonds. The molecule has 1 heterocycles. The van der Waals surface area contributed by atoms with E-state index in [1.165, 1.54) is 18.3 Å². The number of nitrogens with one attached hydrogen (secondary N) is 1. The first-order valence-electron chi connectivity index (χ1n) is 5.59. The number of carbonyl (C=O) groups excluding carboxylic acids is 2. The number of pyridine rings is 1. The van der Waals surface area contributed by atoms with Gasteiger partial charge in [0.25, 0.3) is 5.91 Å². The molecule has 2 aromatic rings. The molecule has 0 aliphatic carbocycles. The highest BCUT2D eigenvalue weighted by molar-refractivity contribution is 6.30. The lowest BCUT2D eigenvalue weighted by molar-refractivity contribution is 0.0996. The first-order valence-corrected chi connectivity index (χ1v) is 5.97. The number of nitrogens with zero attached hydrogens (tertiary/aromatic N) is 1. The molecular formula is C13H11ClN4O2. The van der Waals surface area contributed by atoms with E-state index in [9.17, 15) is 9.59 Å².